The fraction of sp³-hybridized carbons (Fsp3) is 0.214. The summed E-state index contributed by atoms with van der Waals surface area (Å²) in [5.74, 6) is -3.82. The maximum atomic E-state index is 11.6. The largest absolute Gasteiger partial charge is 0.619 e. The SMILES string of the molecule is CC1=C(C(=O)O)C(c2ccc[n+]([O-])c2)C(C(=O)O)=C(CO)N1. The summed E-state index contributed by atoms with van der Waals surface area (Å²) in [6, 6.07) is 2.87. The Balaban J connectivity index is 2.73. The van der Waals surface area contributed by atoms with E-state index in [1.807, 2.05) is 0 Å². The fourth-order valence-electron chi connectivity index (χ4n) is 2.53. The molecule has 0 fully saturated rings. The number of pyridine rings is 1. The topological polar surface area (TPSA) is 134 Å². The highest BCUT2D eigenvalue weighted by Gasteiger charge is 2.38. The molecule has 2 rings (SSSR count). The summed E-state index contributed by atoms with van der Waals surface area (Å²) in [4.78, 5) is 23.1. The number of carbonyl (C=O) groups is 2. The minimum absolute atomic E-state index is 0.00121. The predicted molar refractivity (Wildman–Crippen MR) is 73.4 cm³/mol. The monoisotopic (exact) mass is 306 g/mol. The molecular weight excluding hydrogens is 292 g/mol. The van der Waals surface area contributed by atoms with Crippen LogP contribution in [0.4, 0.5) is 0 Å². The molecule has 4 N–H and O–H groups in total. The minimum atomic E-state index is -1.37. The van der Waals surface area contributed by atoms with Gasteiger partial charge in [0.1, 0.15) is 0 Å². The lowest BCUT2D eigenvalue weighted by Crippen LogP contribution is -2.34. The Labute approximate surface area is 125 Å². The number of nitrogens with one attached hydrogen (secondary N) is 1. The second-order valence-corrected chi connectivity index (χ2v) is 4.75. The van der Waals surface area contributed by atoms with Crippen LogP contribution in [0.2, 0.25) is 0 Å². The molecule has 116 valence electrons. The van der Waals surface area contributed by atoms with Crippen molar-refractivity contribution in [1.82, 2.24) is 5.32 Å². The zero-order valence-electron chi connectivity index (χ0n) is 11.6. The van der Waals surface area contributed by atoms with E-state index < -0.39 is 24.5 Å². The average molecular weight is 306 g/mol. The van der Waals surface area contributed by atoms with Crippen LogP contribution in [0.1, 0.15) is 18.4 Å². The Morgan fingerprint density at radius 1 is 1.32 bits per heavy atom. The second-order valence-electron chi connectivity index (χ2n) is 4.75. The van der Waals surface area contributed by atoms with Crippen molar-refractivity contribution in [2.75, 3.05) is 6.61 Å². The van der Waals surface area contributed by atoms with Gasteiger partial charge in [0.05, 0.1) is 29.4 Å². The summed E-state index contributed by atoms with van der Waals surface area (Å²) in [5, 5.41) is 42.2. The molecule has 0 saturated carbocycles. The first-order chi connectivity index (χ1) is 10.4. The summed E-state index contributed by atoms with van der Waals surface area (Å²) in [6.45, 7) is 0.880. The van der Waals surface area contributed by atoms with Crippen LogP contribution in [0.25, 0.3) is 0 Å². The molecule has 0 radical (unpaired) electrons. The highest BCUT2D eigenvalue weighted by Crippen LogP contribution is 2.37. The van der Waals surface area contributed by atoms with Gasteiger partial charge in [-0.25, -0.2) is 9.59 Å². The fourth-order valence-corrected chi connectivity index (χ4v) is 2.53. The molecule has 1 unspecified atom stereocenters. The van der Waals surface area contributed by atoms with Crippen molar-refractivity contribution >= 4 is 11.9 Å². The van der Waals surface area contributed by atoms with Gasteiger partial charge in [-0.05, 0) is 13.0 Å². The standard InChI is InChI=1S/C14H14N2O6/c1-7-10(13(18)19)11(8-3-2-4-16(22)5-8)12(14(20)21)9(6-17)15-7/h2-5,11,15,17H,6H2,1H3,(H,18,19)(H,20,21). The summed E-state index contributed by atoms with van der Waals surface area (Å²) >= 11 is 0. The van der Waals surface area contributed by atoms with Crippen LogP contribution in [0.3, 0.4) is 0 Å². The number of dihydropyridines is 1. The number of aliphatic hydroxyl groups excluding tert-OH is 1. The molecule has 0 aromatic carbocycles. The quantitative estimate of drug-likeness (QED) is 0.443. The highest BCUT2D eigenvalue weighted by molar-refractivity contribution is 5.98. The number of aliphatic carboxylic acids is 2. The van der Waals surface area contributed by atoms with Gasteiger partial charge in [0.25, 0.3) is 0 Å². The molecule has 0 saturated heterocycles. The van der Waals surface area contributed by atoms with Crippen LogP contribution in [-0.2, 0) is 9.59 Å². The van der Waals surface area contributed by atoms with E-state index in [1.54, 1.807) is 0 Å². The Hall–Kier alpha value is -2.87. The second kappa shape index (κ2) is 5.86. The van der Waals surface area contributed by atoms with E-state index in [0.717, 1.165) is 6.20 Å². The molecule has 0 aliphatic carbocycles. The van der Waals surface area contributed by atoms with Gasteiger partial charge in [-0.15, -0.1) is 0 Å². The Morgan fingerprint density at radius 2 is 1.95 bits per heavy atom. The van der Waals surface area contributed by atoms with Gasteiger partial charge >= 0.3 is 11.9 Å². The van der Waals surface area contributed by atoms with E-state index in [2.05, 4.69) is 5.32 Å². The van der Waals surface area contributed by atoms with Crippen molar-refractivity contribution in [3.8, 4) is 0 Å². The van der Waals surface area contributed by atoms with Crippen molar-refractivity contribution in [3.63, 3.8) is 0 Å². The van der Waals surface area contributed by atoms with E-state index in [4.69, 9.17) is 0 Å². The molecule has 1 atom stereocenters. The van der Waals surface area contributed by atoms with Crippen molar-refractivity contribution in [3.05, 3.63) is 57.8 Å². The van der Waals surface area contributed by atoms with Crippen molar-refractivity contribution in [2.45, 2.75) is 12.8 Å². The van der Waals surface area contributed by atoms with Gasteiger partial charge in [-0.3, -0.25) is 0 Å². The lowest BCUT2D eigenvalue weighted by molar-refractivity contribution is -0.605. The first-order valence-electron chi connectivity index (χ1n) is 6.33. The number of allylic oxidation sites excluding steroid dienone is 1. The number of rotatable bonds is 4. The third-order valence-electron chi connectivity index (χ3n) is 3.40. The molecule has 2 heterocycles. The third-order valence-corrected chi connectivity index (χ3v) is 3.40. The summed E-state index contributed by atoms with van der Waals surface area (Å²) in [7, 11) is 0. The van der Waals surface area contributed by atoms with E-state index in [9.17, 15) is 30.1 Å². The Bertz CT molecular complexity index is 707. The Morgan fingerprint density at radius 3 is 2.45 bits per heavy atom. The predicted octanol–water partition coefficient (Wildman–Crippen LogP) is -0.304. The first-order valence-corrected chi connectivity index (χ1v) is 6.33. The van der Waals surface area contributed by atoms with Crippen LogP contribution in [0.15, 0.2) is 47.1 Å². The number of aromatic nitrogens is 1. The average Bonchev–Trinajstić information content (AvgIpc) is 2.45. The van der Waals surface area contributed by atoms with E-state index in [-0.39, 0.29) is 28.1 Å². The van der Waals surface area contributed by atoms with Crippen molar-refractivity contribution < 1.29 is 29.6 Å². The summed E-state index contributed by atoms with van der Waals surface area (Å²) < 4.78 is 0.463. The normalized spacial score (nSPS) is 18.2. The van der Waals surface area contributed by atoms with Gasteiger partial charge in [-0.1, -0.05) is 0 Å². The third kappa shape index (κ3) is 2.63. The Kier molecular flexibility index (Phi) is 4.13. The molecule has 1 aliphatic rings. The molecule has 1 aromatic heterocycles. The number of aliphatic hydroxyl groups is 1. The van der Waals surface area contributed by atoms with Crippen LogP contribution >= 0.6 is 0 Å². The lowest BCUT2D eigenvalue weighted by atomic mass is 9.81. The smallest absolute Gasteiger partial charge is 0.334 e. The zero-order chi connectivity index (χ0) is 16.4. The lowest BCUT2D eigenvalue weighted by Gasteiger charge is -2.28. The molecule has 0 spiro atoms. The van der Waals surface area contributed by atoms with Crippen LogP contribution in [-0.4, -0.2) is 33.9 Å². The van der Waals surface area contributed by atoms with Gasteiger partial charge in [0.2, 0.25) is 0 Å². The van der Waals surface area contributed by atoms with Crippen molar-refractivity contribution in [1.29, 1.82) is 0 Å². The van der Waals surface area contributed by atoms with Crippen LogP contribution in [0.5, 0.6) is 0 Å². The van der Waals surface area contributed by atoms with Gasteiger partial charge in [0, 0.05) is 17.3 Å². The van der Waals surface area contributed by atoms with Crippen LogP contribution in [0, 0.1) is 5.21 Å². The summed E-state index contributed by atoms with van der Waals surface area (Å²) in [5.41, 5.74) is -0.0363. The molecule has 1 aromatic rings. The van der Waals surface area contributed by atoms with E-state index in [0.29, 0.717) is 4.73 Å². The minimum Gasteiger partial charge on any atom is -0.619 e. The maximum absolute atomic E-state index is 11.6. The van der Waals surface area contributed by atoms with Crippen LogP contribution < -0.4 is 10.0 Å². The molecule has 0 amide bonds. The number of nitrogens with zero attached hydrogens (tertiary/aromatic N) is 1. The number of carboxylic acids is 2. The van der Waals surface area contributed by atoms with E-state index in [1.165, 1.54) is 25.3 Å². The van der Waals surface area contributed by atoms with Gasteiger partial charge in [-0.2, -0.15) is 4.73 Å². The molecular formula is C14H14N2O6. The van der Waals surface area contributed by atoms with E-state index >= 15 is 0 Å². The van der Waals surface area contributed by atoms with Crippen molar-refractivity contribution in [2.24, 2.45) is 0 Å². The number of hydrogen-bond donors (Lipinski definition) is 4. The molecule has 0 bridgehead atoms. The van der Waals surface area contributed by atoms with Gasteiger partial charge < -0.3 is 25.8 Å². The highest BCUT2D eigenvalue weighted by atomic mass is 16.5. The van der Waals surface area contributed by atoms with Gasteiger partial charge in [0.15, 0.2) is 12.4 Å². The number of hydrogen-bond acceptors (Lipinski definition) is 5. The molecule has 8 heteroatoms. The first kappa shape index (κ1) is 15.5. The zero-order valence-corrected chi connectivity index (χ0v) is 11.6. The summed E-state index contributed by atoms with van der Waals surface area (Å²) in [6.07, 6.45) is 2.32. The molecule has 22 heavy (non-hydrogen) atoms. The number of carboxylic acid groups (broad SMARTS) is 2. The molecule has 1 aliphatic heterocycles. The maximum Gasteiger partial charge on any atom is 0.334 e. The molecule has 8 nitrogen and oxygen atoms in total.